The zero-order valence-electron chi connectivity index (χ0n) is 18.4. The van der Waals surface area contributed by atoms with Crippen molar-refractivity contribution in [2.45, 2.75) is 17.9 Å². The van der Waals surface area contributed by atoms with E-state index in [1.807, 2.05) is 0 Å². The maximum absolute atomic E-state index is 14.8. The fourth-order valence-corrected chi connectivity index (χ4v) is 5.54. The molecule has 3 aromatic carbocycles. The maximum atomic E-state index is 14.8. The van der Waals surface area contributed by atoms with Gasteiger partial charge in [-0.3, -0.25) is 9.52 Å². The van der Waals surface area contributed by atoms with Crippen LogP contribution < -0.4 is 19.5 Å². The van der Waals surface area contributed by atoms with E-state index in [1.165, 1.54) is 19.2 Å². The Balaban J connectivity index is 1.97. The van der Waals surface area contributed by atoms with Crippen LogP contribution in [0.2, 0.25) is 5.02 Å². The third-order valence-corrected chi connectivity index (χ3v) is 7.53. The lowest BCUT2D eigenvalue weighted by molar-refractivity contribution is 0.0932. The van der Waals surface area contributed by atoms with Gasteiger partial charge < -0.3 is 19.9 Å². The number of phenols is 1. The van der Waals surface area contributed by atoms with Gasteiger partial charge in [0.1, 0.15) is 34.1 Å². The minimum atomic E-state index is -4.54. The highest BCUT2D eigenvalue weighted by Gasteiger charge is 2.26. The van der Waals surface area contributed by atoms with E-state index in [9.17, 15) is 22.7 Å². The molecule has 1 aliphatic rings. The third kappa shape index (κ3) is 5.02. The Kier molecular flexibility index (Phi) is 6.85. The van der Waals surface area contributed by atoms with Gasteiger partial charge in [-0.2, -0.15) is 0 Å². The lowest BCUT2D eigenvalue weighted by Crippen LogP contribution is -2.33. The number of carbonyl (C=O) groups excluding carboxylic acids is 1. The first-order valence-corrected chi connectivity index (χ1v) is 12.8. The van der Waals surface area contributed by atoms with Crippen molar-refractivity contribution in [1.82, 2.24) is 5.32 Å². The topological polar surface area (TPSA) is 114 Å². The van der Waals surface area contributed by atoms with Gasteiger partial charge in [-0.15, -0.1) is 0 Å². The number of phenolic OH excluding ortho intramolecular Hbond substituents is 1. The predicted octanol–water partition coefficient (Wildman–Crippen LogP) is 4.93. The first-order chi connectivity index (χ1) is 16.5. The lowest BCUT2D eigenvalue weighted by atomic mass is 10.0. The predicted molar refractivity (Wildman–Crippen MR) is 132 cm³/mol. The Bertz CT molecular complexity index is 1450. The minimum absolute atomic E-state index is 0.00131. The quantitative estimate of drug-likeness (QED) is 0.373. The molecule has 3 aromatic rings. The number of anilines is 1. The van der Waals surface area contributed by atoms with E-state index in [0.717, 1.165) is 12.1 Å². The number of amides is 1. The van der Waals surface area contributed by atoms with Gasteiger partial charge >= 0.3 is 0 Å². The molecule has 8 nitrogen and oxygen atoms in total. The van der Waals surface area contributed by atoms with E-state index < -0.39 is 44.2 Å². The van der Waals surface area contributed by atoms with E-state index in [2.05, 4.69) is 26.0 Å². The minimum Gasteiger partial charge on any atom is -0.505 e. The van der Waals surface area contributed by atoms with Gasteiger partial charge in [-0.25, -0.2) is 12.8 Å². The van der Waals surface area contributed by atoms with Gasteiger partial charge in [0, 0.05) is 16.7 Å². The number of nitrogens with one attached hydrogen (secondary N) is 2. The van der Waals surface area contributed by atoms with Crippen molar-refractivity contribution < 1.29 is 32.2 Å². The molecule has 1 atom stereocenters. The number of fused-ring (bicyclic) bond motifs is 6. The summed E-state index contributed by atoms with van der Waals surface area (Å²) in [5.41, 5.74) is 0.213. The fourth-order valence-electron chi connectivity index (χ4n) is 3.49. The van der Waals surface area contributed by atoms with Gasteiger partial charge in [0.15, 0.2) is 0 Å². The highest BCUT2D eigenvalue weighted by atomic mass is 79.9. The summed E-state index contributed by atoms with van der Waals surface area (Å²) in [7, 11) is -3.07. The SMILES string of the molecule is COc1ccc2c(c1)-c1cc(c(F)cc1Cl)NS(=O)(=O)c1cc(cc(Br)c1O)C(=O)NC[C@H](C)O2. The van der Waals surface area contributed by atoms with E-state index in [-0.39, 0.29) is 27.2 Å². The fraction of sp³-hybridized carbons (Fsp3) is 0.174. The maximum Gasteiger partial charge on any atom is 0.265 e. The van der Waals surface area contributed by atoms with Gasteiger partial charge in [0.05, 0.1) is 28.8 Å². The summed E-state index contributed by atoms with van der Waals surface area (Å²) < 4.78 is 54.6. The van der Waals surface area contributed by atoms with Crippen molar-refractivity contribution >= 4 is 49.1 Å². The summed E-state index contributed by atoms with van der Waals surface area (Å²) in [4.78, 5) is 12.1. The molecule has 1 heterocycles. The van der Waals surface area contributed by atoms with Crippen LogP contribution >= 0.6 is 27.5 Å². The highest BCUT2D eigenvalue weighted by molar-refractivity contribution is 9.10. The molecule has 0 unspecified atom stereocenters. The molecule has 35 heavy (non-hydrogen) atoms. The van der Waals surface area contributed by atoms with Crippen LogP contribution in [-0.2, 0) is 10.0 Å². The van der Waals surface area contributed by atoms with Crippen molar-refractivity contribution in [2.75, 3.05) is 18.4 Å². The van der Waals surface area contributed by atoms with Gasteiger partial charge in [-0.1, -0.05) is 11.6 Å². The number of rotatable bonds is 1. The van der Waals surface area contributed by atoms with Crippen LogP contribution in [0.25, 0.3) is 11.1 Å². The molecule has 4 rings (SSSR count). The molecule has 0 aliphatic carbocycles. The van der Waals surface area contributed by atoms with Crippen LogP contribution in [0, 0.1) is 5.82 Å². The van der Waals surface area contributed by atoms with Crippen molar-refractivity contribution in [3.8, 4) is 28.4 Å². The number of ether oxygens (including phenoxy) is 2. The summed E-state index contributed by atoms with van der Waals surface area (Å²) in [6, 6.07) is 9.36. The van der Waals surface area contributed by atoms with Crippen LogP contribution in [0.3, 0.4) is 0 Å². The number of hydrogen-bond donors (Lipinski definition) is 3. The zero-order valence-corrected chi connectivity index (χ0v) is 21.5. The van der Waals surface area contributed by atoms with Crippen LogP contribution in [0.1, 0.15) is 17.3 Å². The zero-order chi connectivity index (χ0) is 25.5. The second-order valence-corrected chi connectivity index (χ2v) is 10.6. The van der Waals surface area contributed by atoms with E-state index in [0.29, 0.717) is 17.1 Å². The first kappa shape index (κ1) is 25.1. The van der Waals surface area contributed by atoms with Gasteiger partial charge in [0.25, 0.3) is 15.9 Å². The molecule has 4 bridgehead atoms. The third-order valence-electron chi connectivity index (χ3n) is 5.24. The molecule has 12 heteroatoms. The largest absolute Gasteiger partial charge is 0.505 e. The number of methoxy groups -OCH3 is 1. The molecular formula is C23H19BrClFN2O6S. The first-order valence-electron chi connectivity index (χ1n) is 10.2. The molecule has 0 aromatic heterocycles. The van der Waals surface area contributed by atoms with Gasteiger partial charge in [0.2, 0.25) is 0 Å². The van der Waals surface area contributed by atoms with Gasteiger partial charge in [-0.05, 0) is 65.3 Å². The summed E-state index contributed by atoms with van der Waals surface area (Å²) in [6.45, 7) is 1.81. The molecule has 0 saturated heterocycles. The van der Waals surface area contributed by atoms with Crippen LogP contribution in [-0.4, -0.2) is 39.2 Å². The Morgan fingerprint density at radius 3 is 2.66 bits per heavy atom. The van der Waals surface area contributed by atoms with Crippen molar-refractivity contribution in [3.05, 3.63) is 63.3 Å². The molecule has 0 radical (unpaired) electrons. The molecule has 0 fully saturated rings. The van der Waals surface area contributed by atoms with E-state index in [4.69, 9.17) is 21.1 Å². The number of benzene rings is 3. The molecule has 0 spiro atoms. The second kappa shape index (κ2) is 9.56. The molecule has 1 aliphatic heterocycles. The normalized spacial score (nSPS) is 17.1. The smallest absolute Gasteiger partial charge is 0.265 e. The Hall–Kier alpha value is -3.02. The summed E-state index contributed by atoms with van der Waals surface area (Å²) in [6.07, 6.45) is -0.517. The number of hydrogen-bond acceptors (Lipinski definition) is 6. The monoisotopic (exact) mass is 584 g/mol. The molecule has 184 valence electrons. The number of sulfonamides is 1. The van der Waals surface area contributed by atoms with Crippen LogP contribution in [0.5, 0.6) is 17.2 Å². The molecule has 1 amide bonds. The highest BCUT2D eigenvalue weighted by Crippen LogP contribution is 2.41. The average Bonchev–Trinajstić information content (AvgIpc) is 2.80. The van der Waals surface area contributed by atoms with Crippen molar-refractivity contribution in [2.24, 2.45) is 0 Å². The van der Waals surface area contributed by atoms with Crippen LogP contribution in [0.15, 0.2) is 51.8 Å². The van der Waals surface area contributed by atoms with Crippen LogP contribution in [0.4, 0.5) is 10.1 Å². The molecule has 0 saturated carbocycles. The Morgan fingerprint density at radius 1 is 1.20 bits per heavy atom. The summed E-state index contributed by atoms with van der Waals surface area (Å²) in [5, 5.41) is 13.1. The van der Waals surface area contributed by atoms with Crippen molar-refractivity contribution in [3.63, 3.8) is 0 Å². The Labute approximate surface area is 214 Å². The number of aromatic hydroxyl groups is 1. The average molecular weight is 586 g/mol. The Morgan fingerprint density at radius 2 is 1.94 bits per heavy atom. The molecule has 3 N–H and O–H groups in total. The van der Waals surface area contributed by atoms with E-state index >= 15 is 0 Å². The van der Waals surface area contributed by atoms with Crippen molar-refractivity contribution in [1.29, 1.82) is 0 Å². The summed E-state index contributed by atoms with van der Waals surface area (Å²) in [5.74, 6) is -1.37. The second-order valence-electron chi connectivity index (χ2n) is 7.72. The standard InChI is InChI=1S/C23H19BrClFN2O6S/c1-11-10-27-23(30)12-5-16(24)22(29)21(6-12)35(31,32)28-19-8-14(17(25)9-18(19)26)15-7-13(33-2)3-4-20(15)34-11/h3-9,11,28-29H,10H2,1-2H3,(H,27,30)/t11-/m0/s1. The summed E-state index contributed by atoms with van der Waals surface area (Å²) >= 11 is 9.41. The number of carbonyl (C=O) groups is 1. The molecular weight excluding hydrogens is 567 g/mol. The number of halogens is 3. The lowest BCUT2D eigenvalue weighted by Gasteiger charge is -2.20. The van der Waals surface area contributed by atoms with E-state index in [1.54, 1.807) is 25.1 Å².